The maximum absolute atomic E-state index is 11.1. The number of nitrogens with one attached hydrogen (secondary N) is 1. The minimum absolute atomic E-state index is 0.231. The summed E-state index contributed by atoms with van der Waals surface area (Å²) in [6.07, 6.45) is 8.01. The SMILES string of the molecule is C=CC[C@H](C)C[C@H]1CC(=O)C=CN1. The van der Waals surface area contributed by atoms with Crippen molar-refractivity contribution in [2.24, 2.45) is 5.92 Å². The molecule has 0 aromatic heterocycles. The summed E-state index contributed by atoms with van der Waals surface area (Å²) in [4.78, 5) is 11.1. The van der Waals surface area contributed by atoms with Crippen molar-refractivity contribution in [2.45, 2.75) is 32.2 Å². The van der Waals surface area contributed by atoms with Crippen LogP contribution in [-0.4, -0.2) is 11.8 Å². The van der Waals surface area contributed by atoms with E-state index >= 15 is 0 Å². The summed E-state index contributed by atoms with van der Waals surface area (Å²) in [7, 11) is 0. The highest BCUT2D eigenvalue weighted by Crippen LogP contribution is 2.15. The van der Waals surface area contributed by atoms with Crippen LogP contribution in [0.5, 0.6) is 0 Å². The van der Waals surface area contributed by atoms with Gasteiger partial charge >= 0.3 is 0 Å². The summed E-state index contributed by atoms with van der Waals surface area (Å²) in [5.41, 5.74) is 0. The fraction of sp³-hybridized carbons (Fsp3) is 0.545. The monoisotopic (exact) mass is 179 g/mol. The van der Waals surface area contributed by atoms with Crippen LogP contribution < -0.4 is 5.32 Å². The predicted octanol–water partition coefficient (Wildman–Crippen LogP) is 2.03. The van der Waals surface area contributed by atoms with Gasteiger partial charge in [-0.25, -0.2) is 0 Å². The second-order valence-corrected chi connectivity index (χ2v) is 3.73. The van der Waals surface area contributed by atoms with Gasteiger partial charge in [-0.05, 0) is 24.8 Å². The normalized spacial score (nSPS) is 23.8. The predicted molar refractivity (Wildman–Crippen MR) is 54.3 cm³/mol. The summed E-state index contributed by atoms with van der Waals surface area (Å²) in [5.74, 6) is 0.837. The maximum Gasteiger partial charge on any atom is 0.159 e. The fourth-order valence-electron chi connectivity index (χ4n) is 1.66. The van der Waals surface area contributed by atoms with E-state index < -0.39 is 0 Å². The van der Waals surface area contributed by atoms with Gasteiger partial charge in [0.1, 0.15) is 0 Å². The van der Waals surface area contributed by atoms with Gasteiger partial charge in [-0.3, -0.25) is 4.79 Å². The molecule has 0 spiro atoms. The molecule has 0 aromatic carbocycles. The molecule has 1 aliphatic rings. The topological polar surface area (TPSA) is 29.1 Å². The second-order valence-electron chi connectivity index (χ2n) is 3.73. The first kappa shape index (κ1) is 10.0. The highest BCUT2D eigenvalue weighted by atomic mass is 16.1. The summed E-state index contributed by atoms with van der Waals surface area (Å²) in [6.45, 7) is 5.89. The largest absolute Gasteiger partial charge is 0.388 e. The van der Waals surface area contributed by atoms with E-state index in [1.54, 1.807) is 12.3 Å². The number of carbonyl (C=O) groups is 1. The fourth-order valence-corrected chi connectivity index (χ4v) is 1.66. The molecule has 0 unspecified atom stereocenters. The van der Waals surface area contributed by atoms with Crippen LogP contribution in [-0.2, 0) is 4.79 Å². The summed E-state index contributed by atoms with van der Waals surface area (Å²) in [5, 5.41) is 3.20. The van der Waals surface area contributed by atoms with Crippen molar-refractivity contribution >= 4 is 5.78 Å². The Morgan fingerprint density at radius 1 is 1.85 bits per heavy atom. The molecule has 0 fully saturated rings. The van der Waals surface area contributed by atoms with E-state index in [1.807, 2.05) is 6.08 Å². The Labute approximate surface area is 79.7 Å². The molecule has 0 bridgehead atoms. The molecule has 13 heavy (non-hydrogen) atoms. The van der Waals surface area contributed by atoms with Gasteiger partial charge in [-0.1, -0.05) is 13.0 Å². The van der Waals surface area contributed by atoms with Crippen molar-refractivity contribution in [3.05, 3.63) is 24.9 Å². The van der Waals surface area contributed by atoms with Crippen LogP contribution in [0, 0.1) is 5.92 Å². The van der Waals surface area contributed by atoms with Crippen molar-refractivity contribution in [2.75, 3.05) is 0 Å². The van der Waals surface area contributed by atoms with E-state index in [0.29, 0.717) is 18.4 Å². The molecule has 2 atom stereocenters. The zero-order valence-electron chi connectivity index (χ0n) is 8.12. The van der Waals surface area contributed by atoms with Gasteiger partial charge in [-0.15, -0.1) is 6.58 Å². The van der Waals surface area contributed by atoms with Gasteiger partial charge in [0.2, 0.25) is 0 Å². The first-order valence-electron chi connectivity index (χ1n) is 4.78. The van der Waals surface area contributed by atoms with Crippen molar-refractivity contribution < 1.29 is 4.79 Å². The van der Waals surface area contributed by atoms with Crippen LogP contribution in [0.25, 0.3) is 0 Å². The first-order valence-corrected chi connectivity index (χ1v) is 4.78. The molecule has 0 aromatic rings. The average Bonchev–Trinajstić information content (AvgIpc) is 2.04. The van der Waals surface area contributed by atoms with Crippen LogP contribution in [0.1, 0.15) is 26.2 Å². The lowest BCUT2D eigenvalue weighted by Gasteiger charge is -2.22. The van der Waals surface area contributed by atoms with Crippen LogP contribution in [0.15, 0.2) is 24.9 Å². The van der Waals surface area contributed by atoms with Crippen LogP contribution in [0.3, 0.4) is 0 Å². The Hall–Kier alpha value is -1.05. The lowest BCUT2D eigenvalue weighted by molar-refractivity contribution is -0.115. The molecule has 72 valence electrons. The molecule has 1 heterocycles. The van der Waals surface area contributed by atoms with Gasteiger partial charge in [0.15, 0.2) is 5.78 Å². The molecule has 0 radical (unpaired) electrons. The highest BCUT2D eigenvalue weighted by molar-refractivity contribution is 5.90. The second kappa shape index (κ2) is 4.85. The van der Waals surface area contributed by atoms with Crippen LogP contribution in [0.4, 0.5) is 0 Å². The zero-order valence-corrected chi connectivity index (χ0v) is 8.12. The van der Waals surface area contributed by atoms with E-state index in [2.05, 4.69) is 18.8 Å². The summed E-state index contributed by atoms with van der Waals surface area (Å²) in [6, 6.07) is 0.326. The van der Waals surface area contributed by atoms with Crippen molar-refractivity contribution in [1.29, 1.82) is 0 Å². The van der Waals surface area contributed by atoms with Crippen molar-refractivity contribution in [3.63, 3.8) is 0 Å². The average molecular weight is 179 g/mol. The van der Waals surface area contributed by atoms with Gasteiger partial charge in [-0.2, -0.15) is 0 Å². The zero-order chi connectivity index (χ0) is 9.68. The Morgan fingerprint density at radius 2 is 2.62 bits per heavy atom. The van der Waals surface area contributed by atoms with E-state index in [-0.39, 0.29) is 5.78 Å². The lowest BCUT2D eigenvalue weighted by atomic mass is 9.94. The van der Waals surface area contributed by atoms with Crippen LogP contribution >= 0.6 is 0 Å². The Kier molecular flexibility index (Phi) is 3.74. The molecule has 0 aliphatic carbocycles. The van der Waals surface area contributed by atoms with E-state index in [0.717, 1.165) is 12.8 Å². The number of rotatable bonds is 4. The maximum atomic E-state index is 11.1. The van der Waals surface area contributed by atoms with Gasteiger partial charge in [0.25, 0.3) is 0 Å². The molecule has 2 nitrogen and oxygen atoms in total. The quantitative estimate of drug-likeness (QED) is 0.669. The number of ketones is 1. The molecule has 1 rings (SSSR count). The first-order chi connectivity index (χ1) is 6.22. The summed E-state index contributed by atoms with van der Waals surface area (Å²) < 4.78 is 0. The van der Waals surface area contributed by atoms with Crippen molar-refractivity contribution in [3.8, 4) is 0 Å². The van der Waals surface area contributed by atoms with E-state index in [1.165, 1.54) is 0 Å². The third-order valence-electron chi connectivity index (χ3n) is 2.30. The number of hydrogen-bond acceptors (Lipinski definition) is 2. The van der Waals surface area contributed by atoms with Gasteiger partial charge < -0.3 is 5.32 Å². The highest BCUT2D eigenvalue weighted by Gasteiger charge is 2.16. The Morgan fingerprint density at radius 3 is 3.23 bits per heavy atom. The molecule has 1 aliphatic heterocycles. The minimum atomic E-state index is 0.231. The van der Waals surface area contributed by atoms with Gasteiger partial charge in [0, 0.05) is 18.7 Å². The molecular weight excluding hydrogens is 162 g/mol. The standard InChI is InChI=1S/C11H17NO/c1-3-4-9(2)7-10-8-11(13)5-6-12-10/h3,5-6,9-10,12H,1,4,7-8H2,2H3/t9-,10-/m0/s1. The van der Waals surface area contributed by atoms with E-state index in [9.17, 15) is 4.79 Å². The van der Waals surface area contributed by atoms with E-state index in [4.69, 9.17) is 0 Å². The minimum Gasteiger partial charge on any atom is -0.388 e. The number of carbonyl (C=O) groups excluding carboxylic acids is 1. The third kappa shape index (κ3) is 3.45. The Bertz CT molecular complexity index is 220. The Balaban J connectivity index is 2.33. The summed E-state index contributed by atoms with van der Waals surface area (Å²) >= 11 is 0. The molecule has 1 N–H and O–H groups in total. The van der Waals surface area contributed by atoms with Crippen molar-refractivity contribution in [1.82, 2.24) is 5.32 Å². The van der Waals surface area contributed by atoms with Gasteiger partial charge in [0.05, 0.1) is 0 Å². The number of allylic oxidation sites excluding steroid dienone is 2. The number of hydrogen-bond donors (Lipinski definition) is 1. The third-order valence-corrected chi connectivity index (χ3v) is 2.30. The molecular formula is C11H17NO. The molecule has 2 heteroatoms. The van der Waals surface area contributed by atoms with Crippen LogP contribution in [0.2, 0.25) is 0 Å². The lowest BCUT2D eigenvalue weighted by Crippen LogP contribution is -2.32. The smallest absolute Gasteiger partial charge is 0.159 e. The molecule has 0 amide bonds. The molecule has 0 saturated carbocycles. The molecule has 0 saturated heterocycles.